The summed E-state index contributed by atoms with van der Waals surface area (Å²) in [5.41, 5.74) is 1.17. The van der Waals surface area contributed by atoms with Gasteiger partial charge in [-0.1, -0.05) is 27.5 Å². The third-order valence-corrected chi connectivity index (χ3v) is 5.01. The van der Waals surface area contributed by atoms with Crippen molar-refractivity contribution in [3.8, 4) is 0 Å². The van der Waals surface area contributed by atoms with E-state index in [2.05, 4.69) is 39.1 Å². The van der Waals surface area contributed by atoms with E-state index in [1.807, 2.05) is 12.1 Å². The van der Waals surface area contributed by atoms with Crippen molar-refractivity contribution in [1.29, 1.82) is 0 Å². The van der Waals surface area contributed by atoms with Gasteiger partial charge in [0.15, 0.2) is 0 Å². The van der Waals surface area contributed by atoms with E-state index in [0.717, 1.165) is 28.5 Å². The molecule has 0 aromatic heterocycles. The lowest BCUT2D eigenvalue weighted by atomic mass is 10.0. The molecule has 0 spiro atoms. The lowest BCUT2D eigenvalue weighted by molar-refractivity contribution is 0.447. The van der Waals surface area contributed by atoms with Gasteiger partial charge in [-0.2, -0.15) is 11.8 Å². The van der Waals surface area contributed by atoms with Gasteiger partial charge in [0.05, 0.1) is 0 Å². The predicted molar refractivity (Wildman–Crippen MR) is 80.9 cm³/mol. The van der Waals surface area contributed by atoms with E-state index in [1.165, 1.54) is 29.9 Å². The molecule has 0 unspecified atom stereocenters. The monoisotopic (exact) mass is 333 g/mol. The number of nitrogens with one attached hydrogen (secondary N) is 1. The average molecular weight is 335 g/mol. The van der Waals surface area contributed by atoms with Crippen LogP contribution in [0.2, 0.25) is 5.02 Å². The molecule has 1 aliphatic heterocycles. The van der Waals surface area contributed by atoms with Gasteiger partial charge in [0, 0.05) is 16.0 Å². The predicted octanol–water partition coefficient (Wildman–Crippen LogP) is 4.34. The van der Waals surface area contributed by atoms with Gasteiger partial charge in [-0.15, -0.1) is 0 Å². The summed E-state index contributed by atoms with van der Waals surface area (Å²) in [7, 11) is 0. The molecule has 1 saturated heterocycles. The first kappa shape index (κ1) is 13.7. The summed E-state index contributed by atoms with van der Waals surface area (Å²) in [4.78, 5) is 0. The maximum Gasteiger partial charge on any atom is 0.0451 e. The average Bonchev–Trinajstić information content (AvgIpc) is 2.35. The summed E-state index contributed by atoms with van der Waals surface area (Å²) in [5.74, 6) is 3.50. The first-order chi connectivity index (χ1) is 8.25. The van der Waals surface area contributed by atoms with Gasteiger partial charge < -0.3 is 5.32 Å². The normalized spacial score (nSPS) is 17.3. The minimum Gasteiger partial charge on any atom is -0.312 e. The van der Waals surface area contributed by atoms with Crippen LogP contribution in [0.3, 0.4) is 0 Å². The molecule has 0 saturated carbocycles. The Morgan fingerprint density at radius 2 is 2.12 bits per heavy atom. The molecule has 1 aromatic carbocycles. The van der Waals surface area contributed by atoms with Gasteiger partial charge in [-0.3, -0.25) is 0 Å². The summed E-state index contributed by atoms with van der Waals surface area (Å²) in [6.07, 6.45) is 2.70. The largest absolute Gasteiger partial charge is 0.312 e. The molecule has 2 rings (SSSR count). The van der Waals surface area contributed by atoms with E-state index in [9.17, 15) is 0 Å². The second-order valence-electron chi connectivity index (χ2n) is 4.42. The van der Waals surface area contributed by atoms with Crippen molar-refractivity contribution in [3.05, 3.63) is 33.3 Å². The van der Waals surface area contributed by atoms with E-state index in [-0.39, 0.29) is 0 Å². The molecule has 1 aromatic rings. The molecule has 0 amide bonds. The summed E-state index contributed by atoms with van der Waals surface area (Å²) in [6.45, 7) is 1.98. The standard InChI is InChI=1S/C13H17BrClNS/c14-12-1-2-13(15)11(7-12)9-16-8-10-3-5-17-6-4-10/h1-2,7,10,16H,3-6,8-9H2. The summed E-state index contributed by atoms with van der Waals surface area (Å²) in [5, 5.41) is 4.37. The third kappa shape index (κ3) is 4.47. The fraction of sp³-hybridized carbons (Fsp3) is 0.538. The number of benzene rings is 1. The highest BCUT2D eigenvalue weighted by molar-refractivity contribution is 9.10. The van der Waals surface area contributed by atoms with Crippen LogP contribution in [-0.2, 0) is 6.54 Å². The lowest BCUT2D eigenvalue weighted by Gasteiger charge is -2.21. The highest BCUT2D eigenvalue weighted by atomic mass is 79.9. The first-order valence-electron chi connectivity index (χ1n) is 5.98. The molecule has 0 aliphatic carbocycles. The van der Waals surface area contributed by atoms with Crippen molar-refractivity contribution in [2.45, 2.75) is 19.4 Å². The smallest absolute Gasteiger partial charge is 0.0451 e. The van der Waals surface area contributed by atoms with Gasteiger partial charge in [-0.25, -0.2) is 0 Å². The zero-order valence-corrected chi connectivity index (χ0v) is 12.9. The number of hydrogen-bond donors (Lipinski definition) is 1. The van der Waals surface area contributed by atoms with Crippen LogP contribution < -0.4 is 5.32 Å². The minimum absolute atomic E-state index is 0.847. The molecular weight excluding hydrogens is 318 g/mol. The number of halogens is 2. The number of thioether (sulfide) groups is 1. The van der Waals surface area contributed by atoms with Crippen LogP contribution in [-0.4, -0.2) is 18.1 Å². The van der Waals surface area contributed by atoms with Crippen molar-refractivity contribution in [2.75, 3.05) is 18.1 Å². The molecule has 94 valence electrons. The Morgan fingerprint density at radius 3 is 2.88 bits per heavy atom. The highest BCUT2D eigenvalue weighted by Crippen LogP contribution is 2.23. The Balaban J connectivity index is 1.79. The maximum atomic E-state index is 6.15. The van der Waals surface area contributed by atoms with Gasteiger partial charge in [0.1, 0.15) is 0 Å². The zero-order chi connectivity index (χ0) is 12.1. The van der Waals surface area contributed by atoms with E-state index >= 15 is 0 Å². The van der Waals surface area contributed by atoms with Gasteiger partial charge in [0.2, 0.25) is 0 Å². The second kappa shape index (κ2) is 7.03. The topological polar surface area (TPSA) is 12.0 Å². The molecule has 1 heterocycles. The van der Waals surface area contributed by atoms with Crippen LogP contribution in [0, 0.1) is 5.92 Å². The van der Waals surface area contributed by atoms with Crippen molar-refractivity contribution < 1.29 is 0 Å². The lowest BCUT2D eigenvalue weighted by Crippen LogP contribution is -2.25. The fourth-order valence-corrected chi connectivity index (χ4v) is 3.84. The molecule has 0 atom stereocenters. The molecule has 0 radical (unpaired) electrons. The van der Waals surface area contributed by atoms with E-state index < -0.39 is 0 Å². The summed E-state index contributed by atoms with van der Waals surface area (Å²) < 4.78 is 1.09. The molecule has 1 fully saturated rings. The molecule has 1 nitrogen and oxygen atoms in total. The zero-order valence-electron chi connectivity index (χ0n) is 9.72. The van der Waals surface area contributed by atoms with Gasteiger partial charge >= 0.3 is 0 Å². The van der Waals surface area contributed by atoms with Crippen molar-refractivity contribution in [3.63, 3.8) is 0 Å². The first-order valence-corrected chi connectivity index (χ1v) is 8.30. The van der Waals surface area contributed by atoms with E-state index in [0.29, 0.717) is 0 Å². The molecule has 4 heteroatoms. The van der Waals surface area contributed by atoms with Crippen LogP contribution in [0.4, 0.5) is 0 Å². The Bertz CT molecular complexity index is 366. The Morgan fingerprint density at radius 1 is 1.35 bits per heavy atom. The number of rotatable bonds is 4. The van der Waals surface area contributed by atoms with Crippen LogP contribution >= 0.6 is 39.3 Å². The van der Waals surface area contributed by atoms with E-state index in [1.54, 1.807) is 0 Å². The van der Waals surface area contributed by atoms with Crippen molar-refractivity contribution in [1.82, 2.24) is 5.32 Å². The Hall–Kier alpha value is 0.300. The summed E-state index contributed by atoms with van der Waals surface area (Å²) >= 11 is 11.7. The highest BCUT2D eigenvalue weighted by Gasteiger charge is 2.13. The molecule has 1 aliphatic rings. The number of hydrogen-bond acceptors (Lipinski definition) is 2. The van der Waals surface area contributed by atoms with Crippen molar-refractivity contribution in [2.24, 2.45) is 5.92 Å². The SMILES string of the molecule is Clc1ccc(Br)cc1CNCC1CCSCC1. The summed E-state index contributed by atoms with van der Waals surface area (Å²) in [6, 6.07) is 6.01. The quantitative estimate of drug-likeness (QED) is 0.879. The van der Waals surface area contributed by atoms with Crippen LogP contribution in [0.5, 0.6) is 0 Å². The molecular formula is C13H17BrClNS. The third-order valence-electron chi connectivity index (χ3n) is 3.10. The van der Waals surface area contributed by atoms with Gasteiger partial charge in [0.25, 0.3) is 0 Å². The molecule has 17 heavy (non-hydrogen) atoms. The fourth-order valence-electron chi connectivity index (χ4n) is 2.04. The van der Waals surface area contributed by atoms with Gasteiger partial charge in [-0.05, 0) is 60.6 Å². The minimum atomic E-state index is 0.847. The van der Waals surface area contributed by atoms with E-state index in [4.69, 9.17) is 11.6 Å². The molecule has 1 N–H and O–H groups in total. The second-order valence-corrected chi connectivity index (χ2v) is 6.97. The van der Waals surface area contributed by atoms with Crippen LogP contribution in [0.25, 0.3) is 0 Å². The Kier molecular flexibility index (Phi) is 5.67. The van der Waals surface area contributed by atoms with Crippen LogP contribution in [0.1, 0.15) is 18.4 Å². The van der Waals surface area contributed by atoms with Crippen molar-refractivity contribution >= 4 is 39.3 Å². The Labute approximate surface area is 121 Å². The van der Waals surface area contributed by atoms with Crippen LogP contribution in [0.15, 0.2) is 22.7 Å². The molecule has 0 bridgehead atoms. The maximum absolute atomic E-state index is 6.15.